The van der Waals surface area contributed by atoms with E-state index in [1.54, 1.807) is 37.4 Å². The van der Waals surface area contributed by atoms with E-state index in [9.17, 15) is 18.8 Å². The number of benzene rings is 1. The van der Waals surface area contributed by atoms with Crippen LogP contribution < -0.4 is 10.6 Å². The van der Waals surface area contributed by atoms with Crippen LogP contribution in [-0.2, 0) is 15.1 Å². The molecule has 3 rings (SSSR count). The Morgan fingerprint density at radius 3 is 2.62 bits per heavy atom. The third-order valence-electron chi connectivity index (χ3n) is 4.42. The molecule has 26 heavy (non-hydrogen) atoms. The molecule has 4 amide bonds. The number of carbonyl (C=O) groups is 3. The molecule has 1 fully saturated rings. The van der Waals surface area contributed by atoms with Crippen molar-refractivity contribution in [3.8, 4) is 0 Å². The molecule has 1 aliphatic rings. The lowest BCUT2D eigenvalue weighted by Gasteiger charge is -2.21. The van der Waals surface area contributed by atoms with Crippen molar-refractivity contribution in [1.29, 1.82) is 0 Å². The Kier molecular flexibility index (Phi) is 4.78. The summed E-state index contributed by atoms with van der Waals surface area (Å²) in [5.74, 6) is -1.30. The van der Waals surface area contributed by atoms with Crippen LogP contribution in [0, 0.1) is 5.82 Å². The van der Waals surface area contributed by atoms with Crippen molar-refractivity contribution < 1.29 is 18.8 Å². The van der Waals surface area contributed by atoms with Gasteiger partial charge in [0.25, 0.3) is 5.91 Å². The Morgan fingerprint density at radius 2 is 2.00 bits per heavy atom. The molecule has 0 unspecified atom stereocenters. The number of nitrogens with zero attached hydrogens (tertiary/aromatic N) is 1. The Balaban J connectivity index is 1.66. The van der Waals surface area contributed by atoms with Gasteiger partial charge in [0, 0.05) is 0 Å². The lowest BCUT2D eigenvalue weighted by molar-refractivity contribution is -0.135. The number of carbonyl (C=O) groups excluding carboxylic acids is 3. The number of imide groups is 1. The summed E-state index contributed by atoms with van der Waals surface area (Å²) in [5.41, 5.74) is 0.239. The summed E-state index contributed by atoms with van der Waals surface area (Å²) < 4.78 is 13.0. The van der Waals surface area contributed by atoms with Gasteiger partial charge in [-0.2, -0.15) is 11.3 Å². The summed E-state index contributed by atoms with van der Waals surface area (Å²) in [6, 6.07) is 6.54. The van der Waals surface area contributed by atoms with Crippen molar-refractivity contribution >= 4 is 29.2 Å². The van der Waals surface area contributed by atoms with Crippen molar-refractivity contribution in [2.75, 3.05) is 6.54 Å². The number of urea groups is 1. The Bertz CT molecular complexity index is 838. The van der Waals surface area contributed by atoms with Crippen molar-refractivity contribution in [3.05, 3.63) is 58.0 Å². The number of thiophene rings is 1. The van der Waals surface area contributed by atoms with Crippen LogP contribution in [0.15, 0.2) is 41.1 Å². The first kappa shape index (κ1) is 18.1. The predicted octanol–water partition coefficient (Wildman–Crippen LogP) is 2.53. The number of nitrogens with one attached hydrogen (secondary N) is 2. The standard InChI is InChI=1S/C18H18FN3O3S/c1-11(12-3-5-14(19)6-4-12)20-15(23)9-22-16(24)18(2,21-17(22)25)13-7-8-26-10-13/h3-8,10-11H,9H2,1-2H3,(H,20,23)(H,21,25)/t11-,18-/m0/s1. The van der Waals surface area contributed by atoms with E-state index in [0.29, 0.717) is 5.56 Å². The van der Waals surface area contributed by atoms with Crippen LogP contribution in [0.5, 0.6) is 0 Å². The average Bonchev–Trinajstić information content (AvgIpc) is 3.20. The van der Waals surface area contributed by atoms with Crippen LogP contribution in [0.25, 0.3) is 0 Å². The minimum atomic E-state index is -1.17. The highest BCUT2D eigenvalue weighted by Gasteiger charge is 2.49. The molecule has 136 valence electrons. The van der Waals surface area contributed by atoms with Crippen LogP contribution in [0.2, 0.25) is 0 Å². The fourth-order valence-corrected chi connectivity index (χ4v) is 3.62. The van der Waals surface area contributed by atoms with Gasteiger partial charge < -0.3 is 10.6 Å². The van der Waals surface area contributed by atoms with E-state index in [1.165, 1.54) is 23.5 Å². The number of rotatable bonds is 5. The highest BCUT2D eigenvalue weighted by Crippen LogP contribution is 2.30. The zero-order chi connectivity index (χ0) is 18.9. The molecule has 0 radical (unpaired) electrons. The average molecular weight is 375 g/mol. The lowest BCUT2D eigenvalue weighted by Crippen LogP contribution is -2.43. The van der Waals surface area contributed by atoms with E-state index in [0.717, 1.165) is 10.5 Å². The van der Waals surface area contributed by atoms with Gasteiger partial charge >= 0.3 is 6.03 Å². The second-order valence-electron chi connectivity index (χ2n) is 6.30. The number of amides is 4. The molecule has 1 aromatic heterocycles. The molecule has 2 atom stereocenters. The summed E-state index contributed by atoms with van der Waals surface area (Å²) in [5, 5.41) is 8.97. The maximum absolute atomic E-state index is 13.0. The van der Waals surface area contributed by atoms with Gasteiger partial charge in [0.05, 0.1) is 6.04 Å². The monoisotopic (exact) mass is 375 g/mol. The third kappa shape index (κ3) is 3.32. The maximum atomic E-state index is 13.0. The van der Waals surface area contributed by atoms with Gasteiger partial charge in [-0.3, -0.25) is 14.5 Å². The van der Waals surface area contributed by atoms with Crippen molar-refractivity contribution in [3.63, 3.8) is 0 Å². The van der Waals surface area contributed by atoms with Crippen molar-refractivity contribution in [2.24, 2.45) is 0 Å². The first-order chi connectivity index (χ1) is 12.3. The molecule has 0 aliphatic carbocycles. The quantitative estimate of drug-likeness (QED) is 0.789. The smallest absolute Gasteiger partial charge is 0.325 e. The number of halogens is 1. The minimum absolute atomic E-state index is 0.362. The fraction of sp³-hybridized carbons (Fsp3) is 0.278. The summed E-state index contributed by atoms with van der Waals surface area (Å²) in [4.78, 5) is 38.1. The van der Waals surface area contributed by atoms with Gasteiger partial charge in [0.15, 0.2) is 0 Å². The maximum Gasteiger partial charge on any atom is 0.325 e. The molecule has 0 saturated carbocycles. The van der Waals surface area contributed by atoms with Crippen molar-refractivity contribution in [2.45, 2.75) is 25.4 Å². The topological polar surface area (TPSA) is 78.5 Å². The SMILES string of the molecule is C[C@H](NC(=O)CN1C(=O)N[C@@](C)(c2ccsc2)C1=O)c1ccc(F)cc1. The van der Waals surface area contributed by atoms with E-state index in [-0.39, 0.29) is 18.4 Å². The Labute approximate surface area is 154 Å². The molecule has 2 N–H and O–H groups in total. The molecular weight excluding hydrogens is 357 g/mol. The summed E-state index contributed by atoms with van der Waals surface area (Å²) in [7, 11) is 0. The van der Waals surface area contributed by atoms with E-state index in [2.05, 4.69) is 10.6 Å². The summed E-state index contributed by atoms with van der Waals surface area (Å²) in [6.45, 7) is 2.98. The lowest BCUT2D eigenvalue weighted by atomic mass is 9.95. The normalized spacial score (nSPS) is 20.8. The zero-order valence-electron chi connectivity index (χ0n) is 14.3. The van der Waals surface area contributed by atoms with Gasteiger partial charge in [-0.1, -0.05) is 12.1 Å². The largest absolute Gasteiger partial charge is 0.348 e. The second-order valence-corrected chi connectivity index (χ2v) is 7.08. The van der Waals surface area contributed by atoms with Crippen LogP contribution in [0.4, 0.5) is 9.18 Å². The van der Waals surface area contributed by atoms with Crippen molar-refractivity contribution in [1.82, 2.24) is 15.5 Å². The molecule has 1 saturated heterocycles. The molecule has 2 heterocycles. The highest BCUT2D eigenvalue weighted by molar-refractivity contribution is 7.08. The van der Waals surface area contributed by atoms with E-state index in [1.807, 2.05) is 5.38 Å². The summed E-state index contributed by atoms with van der Waals surface area (Å²) >= 11 is 1.42. The van der Waals surface area contributed by atoms with E-state index < -0.39 is 23.4 Å². The molecule has 1 aliphatic heterocycles. The van der Waals surface area contributed by atoms with Gasteiger partial charge in [-0.15, -0.1) is 0 Å². The second kappa shape index (κ2) is 6.87. The Morgan fingerprint density at radius 1 is 1.31 bits per heavy atom. The number of hydrogen-bond acceptors (Lipinski definition) is 4. The highest BCUT2D eigenvalue weighted by atomic mass is 32.1. The van der Waals surface area contributed by atoms with Crippen LogP contribution in [0.3, 0.4) is 0 Å². The zero-order valence-corrected chi connectivity index (χ0v) is 15.1. The van der Waals surface area contributed by atoms with Gasteiger partial charge in [-0.25, -0.2) is 9.18 Å². The van der Waals surface area contributed by atoms with Crippen LogP contribution in [-0.4, -0.2) is 29.3 Å². The number of hydrogen-bond donors (Lipinski definition) is 2. The fourth-order valence-electron chi connectivity index (χ4n) is 2.85. The molecule has 6 nitrogen and oxygen atoms in total. The summed E-state index contributed by atoms with van der Waals surface area (Å²) in [6.07, 6.45) is 0. The first-order valence-electron chi connectivity index (χ1n) is 8.03. The first-order valence-corrected chi connectivity index (χ1v) is 8.97. The molecule has 1 aromatic carbocycles. The third-order valence-corrected chi connectivity index (χ3v) is 5.11. The molecule has 0 spiro atoms. The van der Waals surface area contributed by atoms with Crippen LogP contribution in [0.1, 0.15) is 31.0 Å². The molecule has 0 bridgehead atoms. The van der Waals surface area contributed by atoms with E-state index in [4.69, 9.17) is 0 Å². The van der Waals surface area contributed by atoms with Gasteiger partial charge in [0.1, 0.15) is 17.9 Å². The predicted molar refractivity (Wildman–Crippen MR) is 94.9 cm³/mol. The molecule has 2 aromatic rings. The van der Waals surface area contributed by atoms with Gasteiger partial charge in [0.2, 0.25) is 5.91 Å². The van der Waals surface area contributed by atoms with E-state index >= 15 is 0 Å². The van der Waals surface area contributed by atoms with Gasteiger partial charge in [-0.05, 0) is 53.9 Å². The molecular formula is C18H18FN3O3S. The van der Waals surface area contributed by atoms with Crippen LogP contribution >= 0.6 is 11.3 Å². The Hall–Kier alpha value is -2.74. The molecule has 8 heteroatoms. The minimum Gasteiger partial charge on any atom is -0.348 e.